The third-order valence-electron chi connectivity index (χ3n) is 5.54. The molecule has 0 heterocycles. The lowest BCUT2D eigenvalue weighted by Gasteiger charge is -2.31. The highest BCUT2D eigenvalue weighted by Gasteiger charge is 2.29. The van der Waals surface area contributed by atoms with Crippen molar-refractivity contribution in [1.82, 2.24) is 10.2 Å². The van der Waals surface area contributed by atoms with Crippen LogP contribution in [0.1, 0.15) is 45.1 Å². The Labute approximate surface area is 222 Å². The maximum Gasteiger partial charge on any atom is 0.242 e. The first-order valence-electron chi connectivity index (χ1n) is 11.7. The van der Waals surface area contributed by atoms with Crippen LogP contribution in [-0.4, -0.2) is 50.5 Å². The highest BCUT2D eigenvalue weighted by atomic mass is 35.5. The Morgan fingerprint density at radius 2 is 1.72 bits per heavy atom. The number of carbonyl (C=O) groups excluding carboxylic acids is 2. The topological polar surface area (TPSA) is 86.8 Å². The summed E-state index contributed by atoms with van der Waals surface area (Å²) < 4.78 is 39.1. The van der Waals surface area contributed by atoms with Gasteiger partial charge < -0.3 is 10.2 Å². The van der Waals surface area contributed by atoms with Gasteiger partial charge in [-0.25, -0.2) is 12.8 Å². The molecule has 2 aromatic rings. The van der Waals surface area contributed by atoms with Crippen molar-refractivity contribution < 1.29 is 22.4 Å². The van der Waals surface area contributed by atoms with Gasteiger partial charge in [0.25, 0.3) is 0 Å². The molecule has 0 fully saturated rings. The summed E-state index contributed by atoms with van der Waals surface area (Å²) >= 11 is 12.2. The molecule has 0 saturated heterocycles. The number of nitrogens with zero attached hydrogens (tertiary/aromatic N) is 2. The molecular weight excluding hydrogens is 528 g/mol. The van der Waals surface area contributed by atoms with E-state index in [2.05, 4.69) is 5.32 Å². The Bertz CT molecular complexity index is 1150. The van der Waals surface area contributed by atoms with Crippen LogP contribution in [0.15, 0.2) is 42.5 Å². The molecule has 0 aromatic heterocycles. The number of rotatable bonds is 13. The summed E-state index contributed by atoms with van der Waals surface area (Å²) in [5.74, 6) is -1.03. The summed E-state index contributed by atoms with van der Waals surface area (Å²) in [7, 11) is -3.66. The molecule has 0 radical (unpaired) electrons. The average Bonchev–Trinajstić information content (AvgIpc) is 2.82. The van der Waals surface area contributed by atoms with Gasteiger partial charge in [-0.2, -0.15) is 0 Å². The molecule has 198 valence electrons. The van der Waals surface area contributed by atoms with E-state index in [1.54, 1.807) is 18.2 Å². The lowest BCUT2D eigenvalue weighted by Crippen LogP contribution is -2.49. The van der Waals surface area contributed by atoms with Crippen molar-refractivity contribution in [2.45, 2.75) is 52.1 Å². The average molecular weight is 561 g/mol. The second kappa shape index (κ2) is 13.8. The molecule has 0 spiro atoms. The molecule has 2 rings (SSSR count). The number of carbonyl (C=O) groups is 2. The van der Waals surface area contributed by atoms with Crippen molar-refractivity contribution in [2.75, 3.05) is 23.7 Å². The van der Waals surface area contributed by atoms with Gasteiger partial charge in [0, 0.05) is 26.1 Å². The fraction of sp³-hybridized carbons (Fsp3) is 0.440. The smallest absolute Gasteiger partial charge is 0.242 e. The lowest BCUT2D eigenvalue weighted by molar-refractivity contribution is -0.141. The zero-order valence-corrected chi connectivity index (χ0v) is 23.0. The predicted molar refractivity (Wildman–Crippen MR) is 142 cm³/mol. The van der Waals surface area contributed by atoms with E-state index in [-0.39, 0.29) is 37.7 Å². The Balaban J connectivity index is 2.22. The molecule has 0 unspecified atom stereocenters. The minimum Gasteiger partial charge on any atom is -0.354 e. The molecule has 2 amide bonds. The van der Waals surface area contributed by atoms with Crippen LogP contribution >= 0.6 is 23.2 Å². The molecular formula is C25H32Cl2FN3O4S. The number of hydrogen-bond donors (Lipinski definition) is 1. The van der Waals surface area contributed by atoms with Crippen molar-refractivity contribution in [3.05, 3.63) is 63.9 Å². The van der Waals surface area contributed by atoms with Gasteiger partial charge in [0.1, 0.15) is 11.9 Å². The first-order valence-corrected chi connectivity index (χ1v) is 14.3. The molecule has 36 heavy (non-hydrogen) atoms. The van der Waals surface area contributed by atoms with Crippen LogP contribution in [0, 0.1) is 5.82 Å². The molecule has 2 aromatic carbocycles. The highest BCUT2D eigenvalue weighted by molar-refractivity contribution is 7.92. The van der Waals surface area contributed by atoms with Crippen molar-refractivity contribution in [3.63, 3.8) is 0 Å². The fourth-order valence-electron chi connectivity index (χ4n) is 3.73. The van der Waals surface area contributed by atoms with Gasteiger partial charge in [-0.1, -0.05) is 43.1 Å². The van der Waals surface area contributed by atoms with Gasteiger partial charge in [-0.05, 0) is 61.2 Å². The van der Waals surface area contributed by atoms with E-state index in [0.717, 1.165) is 17.0 Å². The number of benzene rings is 2. The van der Waals surface area contributed by atoms with E-state index < -0.39 is 21.9 Å². The van der Waals surface area contributed by atoms with Crippen LogP contribution in [0.2, 0.25) is 10.0 Å². The second-order valence-electron chi connectivity index (χ2n) is 8.40. The zero-order chi connectivity index (χ0) is 26.9. The molecule has 7 nitrogen and oxygen atoms in total. The molecule has 1 N–H and O–H groups in total. The molecule has 0 aliphatic heterocycles. The molecule has 0 bridgehead atoms. The Hall–Kier alpha value is -2.36. The monoisotopic (exact) mass is 559 g/mol. The van der Waals surface area contributed by atoms with Crippen LogP contribution in [-0.2, 0) is 26.2 Å². The number of sulfonamides is 1. The highest BCUT2D eigenvalue weighted by Crippen LogP contribution is 2.25. The first kappa shape index (κ1) is 29.9. The summed E-state index contributed by atoms with van der Waals surface area (Å²) in [6.45, 7) is 4.42. The second-order valence-corrected chi connectivity index (χ2v) is 11.1. The van der Waals surface area contributed by atoms with Crippen LogP contribution < -0.4 is 9.62 Å². The van der Waals surface area contributed by atoms with Crippen LogP contribution in [0.5, 0.6) is 0 Å². The minimum atomic E-state index is -3.66. The van der Waals surface area contributed by atoms with E-state index in [9.17, 15) is 22.4 Å². The van der Waals surface area contributed by atoms with Crippen molar-refractivity contribution >= 4 is 50.7 Å². The number of halogens is 3. The Morgan fingerprint density at radius 1 is 1.06 bits per heavy atom. The summed E-state index contributed by atoms with van der Waals surface area (Å²) in [6.07, 6.45) is 2.42. The van der Waals surface area contributed by atoms with E-state index in [0.29, 0.717) is 34.3 Å². The number of hydrogen-bond acceptors (Lipinski definition) is 4. The standard InChI is InChI=1S/C25H32Cl2FN3O4S/c1-4-14-29-25(33)23(5-2)30(17-18-8-13-21(26)22(27)16-18)24(32)7-6-15-31(36(3,34)35)20-11-9-19(28)10-12-20/h8-13,16,23H,4-7,14-15,17H2,1-3H3,(H,29,33)/t23-/m0/s1. The van der Waals surface area contributed by atoms with Crippen molar-refractivity contribution in [1.29, 1.82) is 0 Å². The van der Waals surface area contributed by atoms with E-state index >= 15 is 0 Å². The quantitative estimate of drug-likeness (QED) is 0.373. The third kappa shape index (κ3) is 8.64. The molecule has 1 atom stereocenters. The van der Waals surface area contributed by atoms with Gasteiger partial charge in [-0.15, -0.1) is 0 Å². The summed E-state index contributed by atoms with van der Waals surface area (Å²) in [5.41, 5.74) is 1.02. The van der Waals surface area contributed by atoms with E-state index in [1.807, 2.05) is 13.8 Å². The summed E-state index contributed by atoms with van der Waals surface area (Å²) in [6, 6.07) is 9.43. The summed E-state index contributed by atoms with van der Waals surface area (Å²) in [4.78, 5) is 27.7. The largest absolute Gasteiger partial charge is 0.354 e. The SMILES string of the molecule is CCCNC(=O)[C@H](CC)N(Cc1ccc(Cl)c(Cl)c1)C(=O)CCCN(c1ccc(F)cc1)S(C)(=O)=O. The first-order chi connectivity index (χ1) is 17.0. The molecule has 11 heteroatoms. The van der Waals surface area contributed by atoms with Crippen molar-refractivity contribution in [3.8, 4) is 0 Å². The van der Waals surface area contributed by atoms with Gasteiger partial charge in [0.05, 0.1) is 22.0 Å². The van der Waals surface area contributed by atoms with Crippen LogP contribution in [0.4, 0.5) is 10.1 Å². The predicted octanol–water partition coefficient (Wildman–Crippen LogP) is 5.01. The third-order valence-corrected chi connectivity index (χ3v) is 7.47. The lowest BCUT2D eigenvalue weighted by atomic mass is 10.1. The number of nitrogens with one attached hydrogen (secondary N) is 1. The molecule has 0 aliphatic carbocycles. The fourth-order valence-corrected chi connectivity index (χ4v) is 5.02. The van der Waals surface area contributed by atoms with E-state index in [4.69, 9.17) is 23.2 Å². The van der Waals surface area contributed by atoms with Crippen LogP contribution in [0.3, 0.4) is 0 Å². The minimum absolute atomic E-state index is 0.00605. The Kier molecular flexibility index (Phi) is 11.5. The van der Waals surface area contributed by atoms with Gasteiger partial charge in [0.2, 0.25) is 21.8 Å². The van der Waals surface area contributed by atoms with Gasteiger partial charge >= 0.3 is 0 Å². The number of anilines is 1. The summed E-state index contributed by atoms with van der Waals surface area (Å²) in [5, 5.41) is 3.57. The van der Waals surface area contributed by atoms with Crippen molar-refractivity contribution in [2.24, 2.45) is 0 Å². The normalized spacial score (nSPS) is 12.2. The number of amides is 2. The van der Waals surface area contributed by atoms with Gasteiger partial charge in [-0.3, -0.25) is 13.9 Å². The Morgan fingerprint density at radius 3 is 2.28 bits per heavy atom. The van der Waals surface area contributed by atoms with E-state index in [1.165, 1.54) is 29.2 Å². The maximum atomic E-state index is 13.4. The van der Waals surface area contributed by atoms with Gasteiger partial charge in [0.15, 0.2) is 0 Å². The maximum absolute atomic E-state index is 13.4. The van der Waals surface area contributed by atoms with Crippen LogP contribution in [0.25, 0.3) is 0 Å². The molecule has 0 aliphatic rings. The molecule has 0 saturated carbocycles. The zero-order valence-electron chi connectivity index (χ0n) is 20.6.